The summed E-state index contributed by atoms with van der Waals surface area (Å²) < 4.78 is 28.3. The van der Waals surface area contributed by atoms with E-state index in [1.54, 1.807) is 10.4 Å². The summed E-state index contributed by atoms with van der Waals surface area (Å²) in [5.74, 6) is 0.545. The van der Waals surface area contributed by atoms with Crippen molar-refractivity contribution in [3.8, 4) is 0 Å². The second-order valence-electron chi connectivity index (χ2n) is 5.63. The molecule has 0 atom stereocenters. The topological polar surface area (TPSA) is 49.4 Å². The molecule has 21 heavy (non-hydrogen) atoms. The third kappa shape index (κ3) is 3.86. The van der Waals surface area contributed by atoms with Gasteiger partial charge in [-0.1, -0.05) is 22.9 Å². The fraction of sp³-hybridized carbons (Fsp3) is 0.600. The van der Waals surface area contributed by atoms with Gasteiger partial charge in [-0.3, -0.25) is 0 Å². The zero-order chi connectivity index (χ0) is 15.6. The molecule has 2 rings (SSSR count). The molecule has 1 aliphatic rings. The molecule has 0 saturated heterocycles. The Balaban J connectivity index is 2.41. The number of nitrogens with one attached hydrogen (secondary N) is 1. The Hall–Kier alpha value is -0.430. The molecule has 1 aromatic carbocycles. The number of hydrogen-bond donors (Lipinski definition) is 1. The van der Waals surface area contributed by atoms with E-state index in [4.69, 9.17) is 0 Å². The zero-order valence-corrected chi connectivity index (χ0v) is 15.2. The summed E-state index contributed by atoms with van der Waals surface area (Å²) in [6.45, 7) is 5.57. The maximum absolute atomic E-state index is 12.9. The van der Waals surface area contributed by atoms with Crippen molar-refractivity contribution in [1.29, 1.82) is 0 Å². The van der Waals surface area contributed by atoms with Crippen LogP contribution in [0.15, 0.2) is 21.5 Å². The van der Waals surface area contributed by atoms with E-state index in [1.807, 2.05) is 27.0 Å². The smallest absolute Gasteiger partial charge is 0.243 e. The Labute approximate surface area is 136 Å². The largest absolute Gasteiger partial charge is 0.316 e. The van der Waals surface area contributed by atoms with Crippen LogP contribution < -0.4 is 5.32 Å². The van der Waals surface area contributed by atoms with Gasteiger partial charge in [0, 0.05) is 24.1 Å². The van der Waals surface area contributed by atoms with Crippen LogP contribution in [0.1, 0.15) is 30.9 Å². The van der Waals surface area contributed by atoms with Crippen molar-refractivity contribution in [3.63, 3.8) is 0 Å². The summed E-state index contributed by atoms with van der Waals surface area (Å²) >= 11 is 3.48. The lowest BCUT2D eigenvalue weighted by atomic mass is 10.1. The van der Waals surface area contributed by atoms with Crippen molar-refractivity contribution in [3.05, 3.63) is 27.7 Å². The van der Waals surface area contributed by atoms with E-state index >= 15 is 0 Å². The van der Waals surface area contributed by atoms with E-state index < -0.39 is 10.0 Å². The van der Waals surface area contributed by atoms with Gasteiger partial charge in [-0.15, -0.1) is 0 Å². The zero-order valence-electron chi connectivity index (χ0n) is 12.8. The van der Waals surface area contributed by atoms with E-state index in [1.165, 1.54) is 0 Å². The van der Waals surface area contributed by atoms with E-state index in [0.717, 1.165) is 28.4 Å². The normalized spacial score (nSPS) is 15.7. The molecule has 1 saturated carbocycles. The fourth-order valence-corrected chi connectivity index (χ4v) is 4.87. The quantitative estimate of drug-likeness (QED) is 0.797. The molecular formula is C15H23BrN2O2S. The Morgan fingerprint density at radius 2 is 2.05 bits per heavy atom. The van der Waals surface area contributed by atoms with Crippen molar-refractivity contribution < 1.29 is 8.42 Å². The highest BCUT2D eigenvalue weighted by molar-refractivity contribution is 9.10. The maximum Gasteiger partial charge on any atom is 0.243 e. The van der Waals surface area contributed by atoms with Crippen LogP contribution in [-0.2, 0) is 16.6 Å². The predicted molar refractivity (Wildman–Crippen MR) is 88.8 cm³/mol. The number of benzene rings is 1. The van der Waals surface area contributed by atoms with Gasteiger partial charge in [0.25, 0.3) is 0 Å². The van der Waals surface area contributed by atoms with Crippen LogP contribution in [0.4, 0.5) is 0 Å². The van der Waals surface area contributed by atoms with Crippen LogP contribution in [-0.4, -0.2) is 32.9 Å². The van der Waals surface area contributed by atoms with Gasteiger partial charge in [-0.2, -0.15) is 4.31 Å². The highest BCUT2D eigenvalue weighted by Crippen LogP contribution is 2.33. The summed E-state index contributed by atoms with van der Waals surface area (Å²) in [4.78, 5) is 0.421. The lowest BCUT2D eigenvalue weighted by Crippen LogP contribution is -2.33. The van der Waals surface area contributed by atoms with Gasteiger partial charge in [0.2, 0.25) is 10.0 Å². The highest BCUT2D eigenvalue weighted by atomic mass is 79.9. The third-order valence-electron chi connectivity index (χ3n) is 3.87. The highest BCUT2D eigenvalue weighted by Gasteiger charge is 2.32. The van der Waals surface area contributed by atoms with Crippen LogP contribution in [0, 0.1) is 12.8 Å². The van der Waals surface area contributed by atoms with E-state index in [0.29, 0.717) is 30.4 Å². The predicted octanol–water partition coefficient (Wildman–Crippen LogP) is 2.90. The van der Waals surface area contributed by atoms with Crippen LogP contribution in [0.25, 0.3) is 0 Å². The Morgan fingerprint density at radius 3 is 2.57 bits per heavy atom. The molecule has 1 N–H and O–H groups in total. The minimum Gasteiger partial charge on any atom is -0.316 e. The summed E-state index contributed by atoms with van der Waals surface area (Å²) in [5.41, 5.74) is 1.75. The SMILES string of the molecule is CCN(CC1CC1)S(=O)(=O)c1cc(CNC)cc(Br)c1C. The van der Waals surface area contributed by atoms with Crippen molar-refractivity contribution in [2.45, 2.75) is 38.1 Å². The minimum atomic E-state index is -3.42. The lowest BCUT2D eigenvalue weighted by Gasteiger charge is -2.22. The molecule has 0 aromatic heterocycles. The Bertz CT molecular complexity index is 612. The molecule has 4 nitrogen and oxygen atoms in total. The second kappa shape index (κ2) is 6.77. The first-order chi connectivity index (χ1) is 9.90. The molecule has 118 valence electrons. The molecule has 0 radical (unpaired) electrons. The molecular weight excluding hydrogens is 352 g/mol. The Kier molecular flexibility index (Phi) is 5.46. The van der Waals surface area contributed by atoms with E-state index in [9.17, 15) is 8.42 Å². The van der Waals surface area contributed by atoms with Crippen molar-refractivity contribution in [2.24, 2.45) is 5.92 Å². The third-order valence-corrected chi connectivity index (χ3v) is 6.76. The molecule has 1 fully saturated rings. The van der Waals surface area contributed by atoms with Gasteiger partial charge < -0.3 is 5.32 Å². The molecule has 1 aliphatic carbocycles. The Morgan fingerprint density at radius 1 is 1.38 bits per heavy atom. The maximum atomic E-state index is 12.9. The van der Waals surface area contributed by atoms with Crippen molar-refractivity contribution in [1.82, 2.24) is 9.62 Å². The van der Waals surface area contributed by atoms with Crippen LogP contribution in [0.5, 0.6) is 0 Å². The van der Waals surface area contributed by atoms with E-state index in [2.05, 4.69) is 21.2 Å². The average molecular weight is 375 g/mol. The second-order valence-corrected chi connectivity index (χ2v) is 8.39. The van der Waals surface area contributed by atoms with Crippen LogP contribution >= 0.6 is 15.9 Å². The van der Waals surface area contributed by atoms with Gasteiger partial charge in [0.15, 0.2) is 0 Å². The van der Waals surface area contributed by atoms with Crippen LogP contribution in [0.3, 0.4) is 0 Å². The van der Waals surface area contributed by atoms with Gasteiger partial charge in [0.05, 0.1) is 4.90 Å². The summed E-state index contributed by atoms with van der Waals surface area (Å²) in [5, 5.41) is 3.07. The van der Waals surface area contributed by atoms with Crippen molar-refractivity contribution in [2.75, 3.05) is 20.1 Å². The number of halogens is 1. The fourth-order valence-electron chi connectivity index (χ4n) is 2.41. The summed E-state index contributed by atoms with van der Waals surface area (Å²) in [6.07, 6.45) is 2.29. The monoisotopic (exact) mass is 374 g/mol. The molecule has 0 bridgehead atoms. The molecule has 0 heterocycles. The minimum absolute atomic E-state index is 0.421. The first-order valence-electron chi connectivity index (χ1n) is 7.34. The average Bonchev–Trinajstić information content (AvgIpc) is 3.23. The first-order valence-corrected chi connectivity index (χ1v) is 9.57. The number of hydrogen-bond acceptors (Lipinski definition) is 3. The van der Waals surface area contributed by atoms with Gasteiger partial charge in [-0.05, 0) is 56.0 Å². The number of sulfonamides is 1. The van der Waals surface area contributed by atoms with Crippen molar-refractivity contribution >= 4 is 26.0 Å². The molecule has 0 aliphatic heterocycles. The molecule has 6 heteroatoms. The van der Waals surface area contributed by atoms with Gasteiger partial charge in [0.1, 0.15) is 0 Å². The summed E-state index contributed by atoms with van der Waals surface area (Å²) in [7, 11) is -1.57. The van der Waals surface area contributed by atoms with Crippen LogP contribution in [0.2, 0.25) is 0 Å². The molecule has 0 spiro atoms. The first kappa shape index (κ1) is 16.9. The molecule has 0 unspecified atom stereocenters. The van der Waals surface area contributed by atoms with Gasteiger partial charge >= 0.3 is 0 Å². The molecule has 1 aromatic rings. The standard InChI is InChI=1S/C15H23BrN2O2S/c1-4-18(10-12-5-6-12)21(19,20)15-8-13(9-17-3)7-14(16)11(15)2/h7-8,12,17H,4-6,9-10H2,1-3H3. The van der Waals surface area contributed by atoms with Gasteiger partial charge in [-0.25, -0.2) is 8.42 Å². The summed E-state index contributed by atoms with van der Waals surface area (Å²) in [6, 6.07) is 3.77. The lowest BCUT2D eigenvalue weighted by molar-refractivity contribution is 0.411. The molecule has 0 amide bonds. The van der Waals surface area contributed by atoms with E-state index in [-0.39, 0.29) is 0 Å². The number of nitrogens with zero attached hydrogens (tertiary/aromatic N) is 1. The number of rotatable bonds is 7.